The lowest BCUT2D eigenvalue weighted by atomic mass is 10.1. The van der Waals surface area contributed by atoms with Gasteiger partial charge in [0.05, 0.1) is 27.8 Å². The molecule has 0 fully saturated rings. The Morgan fingerprint density at radius 2 is 1.55 bits per heavy atom. The van der Waals surface area contributed by atoms with E-state index in [0.29, 0.717) is 22.2 Å². The second-order valence-corrected chi connectivity index (χ2v) is 6.08. The van der Waals surface area contributed by atoms with Gasteiger partial charge in [-0.2, -0.15) is 0 Å². The number of amides is 1. The Hall–Kier alpha value is -2.03. The Bertz CT molecular complexity index is 920. The van der Waals surface area contributed by atoms with Crippen molar-refractivity contribution in [3.63, 3.8) is 0 Å². The standard InChI is InChI=1S/C18H11Cl2NO/c19-14-10-15(20)18(13-7-3-2-6-12(13)14)21-16-8-4-1-5-11(16)9-17(21)22/h1-8,10H,9H2. The van der Waals surface area contributed by atoms with E-state index in [0.717, 1.165) is 22.0 Å². The molecule has 108 valence electrons. The number of hydrogen-bond acceptors (Lipinski definition) is 1. The number of anilines is 2. The van der Waals surface area contributed by atoms with E-state index < -0.39 is 0 Å². The Labute approximate surface area is 137 Å². The van der Waals surface area contributed by atoms with Gasteiger partial charge < -0.3 is 0 Å². The Kier molecular flexibility index (Phi) is 3.10. The monoisotopic (exact) mass is 327 g/mol. The molecule has 1 aliphatic rings. The van der Waals surface area contributed by atoms with Gasteiger partial charge in [-0.05, 0) is 17.7 Å². The maximum atomic E-state index is 12.5. The summed E-state index contributed by atoms with van der Waals surface area (Å²) in [6.45, 7) is 0. The number of carbonyl (C=O) groups is 1. The molecule has 4 heteroatoms. The molecule has 1 heterocycles. The van der Waals surface area contributed by atoms with Crippen LogP contribution in [0, 0.1) is 0 Å². The molecule has 0 aliphatic carbocycles. The fourth-order valence-electron chi connectivity index (χ4n) is 3.01. The summed E-state index contributed by atoms with van der Waals surface area (Å²) < 4.78 is 0. The highest BCUT2D eigenvalue weighted by Crippen LogP contribution is 2.44. The first-order chi connectivity index (χ1) is 10.7. The van der Waals surface area contributed by atoms with Crippen molar-refractivity contribution in [3.8, 4) is 0 Å². The van der Waals surface area contributed by atoms with Gasteiger partial charge in [-0.1, -0.05) is 65.7 Å². The van der Waals surface area contributed by atoms with E-state index in [1.165, 1.54) is 0 Å². The normalized spacial score (nSPS) is 13.7. The number of halogens is 2. The molecule has 0 bridgehead atoms. The zero-order chi connectivity index (χ0) is 15.3. The number of para-hydroxylation sites is 1. The first kappa shape index (κ1) is 13.6. The molecule has 0 saturated heterocycles. The van der Waals surface area contributed by atoms with Crippen LogP contribution in [-0.2, 0) is 11.2 Å². The van der Waals surface area contributed by atoms with Crippen LogP contribution >= 0.6 is 23.2 Å². The lowest BCUT2D eigenvalue weighted by molar-refractivity contribution is -0.116. The first-order valence-electron chi connectivity index (χ1n) is 6.94. The van der Waals surface area contributed by atoms with Gasteiger partial charge in [-0.3, -0.25) is 9.69 Å². The van der Waals surface area contributed by atoms with Gasteiger partial charge in [0.15, 0.2) is 0 Å². The van der Waals surface area contributed by atoms with Crippen LogP contribution in [0.5, 0.6) is 0 Å². The minimum Gasteiger partial charge on any atom is -0.278 e. The highest BCUT2D eigenvalue weighted by Gasteiger charge is 2.31. The fourth-order valence-corrected chi connectivity index (χ4v) is 3.64. The highest BCUT2D eigenvalue weighted by molar-refractivity contribution is 6.42. The predicted molar refractivity (Wildman–Crippen MR) is 91.3 cm³/mol. The zero-order valence-corrected chi connectivity index (χ0v) is 13.0. The van der Waals surface area contributed by atoms with Crippen molar-refractivity contribution in [1.82, 2.24) is 0 Å². The summed E-state index contributed by atoms with van der Waals surface area (Å²) in [4.78, 5) is 14.3. The van der Waals surface area contributed by atoms with E-state index in [4.69, 9.17) is 23.2 Å². The third-order valence-corrected chi connectivity index (χ3v) is 4.57. The van der Waals surface area contributed by atoms with Gasteiger partial charge in [0.2, 0.25) is 5.91 Å². The number of hydrogen-bond donors (Lipinski definition) is 0. The molecule has 0 spiro atoms. The Morgan fingerprint density at radius 3 is 2.36 bits per heavy atom. The van der Waals surface area contributed by atoms with Crippen LogP contribution in [0.2, 0.25) is 10.0 Å². The number of carbonyl (C=O) groups excluding carboxylic acids is 1. The van der Waals surface area contributed by atoms with Crippen molar-refractivity contribution in [1.29, 1.82) is 0 Å². The summed E-state index contributed by atoms with van der Waals surface area (Å²) in [5.74, 6) is 0.0237. The van der Waals surface area contributed by atoms with Gasteiger partial charge in [0.25, 0.3) is 0 Å². The van der Waals surface area contributed by atoms with Crippen LogP contribution in [0.1, 0.15) is 5.56 Å². The quantitative estimate of drug-likeness (QED) is 0.588. The van der Waals surface area contributed by atoms with Gasteiger partial charge in [-0.15, -0.1) is 0 Å². The summed E-state index contributed by atoms with van der Waals surface area (Å²) >= 11 is 12.7. The molecule has 0 radical (unpaired) electrons. The van der Waals surface area contributed by atoms with Crippen molar-refractivity contribution in [2.24, 2.45) is 0 Å². The smallest absolute Gasteiger partial charge is 0.236 e. The summed E-state index contributed by atoms with van der Waals surface area (Å²) in [6, 6.07) is 17.2. The van der Waals surface area contributed by atoms with E-state index in [1.54, 1.807) is 11.0 Å². The maximum absolute atomic E-state index is 12.5. The molecule has 2 nitrogen and oxygen atoms in total. The van der Waals surface area contributed by atoms with Gasteiger partial charge in [0, 0.05) is 10.8 Å². The molecule has 1 amide bonds. The van der Waals surface area contributed by atoms with Gasteiger partial charge in [0.1, 0.15) is 0 Å². The van der Waals surface area contributed by atoms with Crippen molar-refractivity contribution >= 4 is 51.3 Å². The number of fused-ring (bicyclic) bond motifs is 2. The topological polar surface area (TPSA) is 20.3 Å². The second-order valence-electron chi connectivity index (χ2n) is 5.27. The van der Waals surface area contributed by atoms with Crippen molar-refractivity contribution < 1.29 is 4.79 Å². The minimum absolute atomic E-state index is 0.0237. The van der Waals surface area contributed by atoms with Crippen LogP contribution in [0.15, 0.2) is 54.6 Å². The molecule has 22 heavy (non-hydrogen) atoms. The number of rotatable bonds is 1. The molecular weight excluding hydrogens is 317 g/mol. The first-order valence-corrected chi connectivity index (χ1v) is 7.70. The summed E-state index contributed by atoms with van der Waals surface area (Å²) in [7, 11) is 0. The van der Waals surface area contributed by atoms with Gasteiger partial charge >= 0.3 is 0 Å². The Morgan fingerprint density at radius 1 is 0.864 bits per heavy atom. The molecule has 3 aromatic rings. The molecule has 0 N–H and O–H groups in total. The van der Waals surface area contributed by atoms with Crippen LogP contribution in [-0.4, -0.2) is 5.91 Å². The van der Waals surface area contributed by atoms with E-state index in [-0.39, 0.29) is 5.91 Å². The van der Waals surface area contributed by atoms with E-state index >= 15 is 0 Å². The largest absolute Gasteiger partial charge is 0.278 e. The van der Waals surface area contributed by atoms with Crippen molar-refractivity contribution in [2.75, 3.05) is 4.90 Å². The van der Waals surface area contributed by atoms with Crippen LogP contribution in [0.25, 0.3) is 10.8 Å². The molecule has 3 aromatic carbocycles. The van der Waals surface area contributed by atoms with E-state index in [2.05, 4.69) is 0 Å². The van der Waals surface area contributed by atoms with Crippen molar-refractivity contribution in [2.45, 2.75) is 6.42 Å². The summed E-state index contributed by atoms with van der Waals surface area (Å²) in [5.41, 5.74) is 2.61. The second kappa shape index (κ2) is 5.01. The van der Waals surface area contributed by atoms with Crippen LogP contribution in [0.3, 0.4) is 0 Å². The molecule has 0 aromatic heterocycles. The SMILES string of the molecule is O=C1Cc2ccccc2N1c1c(Cl)cc(Cl)c2ccccc12. The highest BCUT2D eigenvalue weighted by atomic mass is 35.5. The van der Waals surface area contributed by atoms with Crippen LogP contribution < -0.4 is 4.90 Å². The molecule has 0 unspecified atom stereocenters. The zero-order valence-electron chi connectivity index (χ0n) is 11.5. The minimum atomic E-state index is 0.0237. The third kappa shape index (κ3) is 1.92. The molecule has 4 rings (SSSR count). The predicted octanol–water partition coefficient (Wildman–Crippen LogP) is 5.37. The number of benzene rings is 3. The van der Waals surface area contributed by atoms with Crippen molar-refractivity contribution in [3.05, 3.63) is 70.2 Å². The average Bonchev–Trinajstić information content (AvgIpc) is 2.84. The molecule has 0 atom stereocenters. The van der Waals surface area contributed by atoms with Crippen LogP contribution in [0.4, 0.5) is 11.4 Å². The molecule has 1 aliphatic heterocycles. The van der Waals surface area contributed by atoms with E-state index in [9.17, 15) is 4.79 Å². The molecule has 0 saturated carbocycles. The lowest BCUT2D eigenvalue weighted by Crippen LogP contribution is -2.21. The average molecular weight is 328 g/mol. The fraction of sp³-hybridized carbons (Fsp3) is 0.0556. The lowest BCUT2D eigenvalue weighted by Gasteiger charge is -2.21. The Balaban J connectivity index is 2.05. The summed E-state index contributed by atoms with van der Waals surface area (Å²) in [6.07, 6.45) is 0.392. The van der Waals surface area contributed by atoms with E-state index in [1.807, 2.05) is 48.5 Å². The summed E-state index contributed by atoms with van der Waals surface area (Å²) in [5, 5.41) is 2.84. The maximum Gasteiger partial charge on any atom is 0.236 e. The molecular formula is C18H11Cl2NO. The van der Waals surface area contributed by atoms with Gasteiger partial charge in [-0.25, -0.2) is 0 Å². The third-order valence-electron chi connectivity index (χ3n) is 3.97. The number of nitrogens with zero attached hydrogens (tertiary/aromatic N) is 1.